The molecule has 2 N–H and O–H groups in total. The summed E-state index contributed by atoms with van der Waals surface area (Å²) < 4.78 is 0. The minimum Gasteiger partial charge on any atom is -0.321 e. The number of H-pyrrole nitrogens is 1. The first-order chi connectivity index (χ1) is 8.56. The molecule has 2 aromatic rings. The number of para-hydroxylation sites is 1. The molecule has 0 atom stereocenters. The lowest BCUT2D eigenvalue weighted by atomic mass is 10.2. The molecule has 1 aromatic heterocycles. The quantitative estimate of drug-likeness (QED) is 0.802. The van der Waals surface area contributed by atoms with Gasteiger partial charge in [-0.2, -0.15) is 0 Å². The van der Waals surface area contributed by atoms with Crippen molar-refractivity contribution in [3.05, 3.63) is 40.7 Å². The topological polar surface area (TPSA) is 79.0 Å². The Labute approximate surface area is 103 Å². The van der Waals surface area contributed by atoms with Gasteiger partial charge in [0.15, 0.2) is 0 Å². The minimum atomic E-state index is -0.483. The van der Waals surface area contributed by atoms with E-state index in [1.54, 1.807) is 12.1 Å². The number of amides is 1. The SMILES string of the molecule is CC(=O)CC(=O)Nc1cc2ccccc2[nH]c1=O. The number of benzene rings is 1. The van der Waals surface area contributed by atoms with Crippen molar-refractivity contribution >= 4 is 28.3 Å². The van der Waals surface area contributed by atoms with E-state index in [2.05, 4.69) is 10.3 Å². The number of aromatic nitrogens is 1. The van der Waals surface area contributed by atoms with Crippen molar-refractivity contribution in [3.8, 4) is 0 Å². The van der Waals surface area contributed by atoms with E-state index >= 15 is 0 Å². The summed E-state index contributed by atoms with van der Waals surface area (Å²) in [6.07, 6.45) is -0.230. The predicted octanol–water partition coefficient (Wildman–Crippen LogP) is 1.45. The largest absolute Gasteiger partial charge is 0.321 e. The Balaban J connectivity index is 2.33. The lowest BCUT2D eigenvalue weighted by Gasteiger charge is -2.04. The summed E-state index contributed by atoms with van der Waals surface area (Å²) in [5.41, 5.74) is 0.470. The van der Waals surface area contributed by atoms with Gasteiger partial charge in [0, 0.05) is 10.9 Å². The molecule has 1 aromatic carbocycles. The Bertz CT molecular complexity index is 673. The summed E-state index contributed by atoms with van der Waals surface area (Å²) in [5.74, 6) is -0.729. The first-order valence-electron chi connectivity index (χ1n) is 5.47. The second-order valence-corrected chi connectivity index (χ2v) is 4.03. The van der Waals surface area contributed by atoms with Crippen LogP contribution in [0.15, 0.2) is 35.1 Å². The molecule has 0 aliphatic heterocycles. The Morgan fingerprint density at radius 3 is 2.72 bits per heavy atom. The Morgan fingerprint density at radius 1 is 1.28 bits per heavy atom. The standard InChI is InChI=1S/C13H12N2O3/c1-8(16)6-12(17)14-11-7-9-4-2-3-5-10(9)15-13(11)18/h2-5,7H,6H2,1H3,(H,14,17)(H,15,18). The van der Waals surface area contributed by atoms with Gasteiger partial charge < -0.3 is 10.3 Å². The molecule has 0 aliphatic carbocycles. The fraction of sp³-hybridized carbons (Fsp3) is 0.154. The van der Waals surface area contributed by atoms with E-state index in [0.29, 0.717) is 5.52 Å². The van der Waals surface area contributed by atoms with Crippen LogP contribution in [0.3, 0.4) is 0 Å². The average Bonchev–Trinajstić information content (AvgIpc) is 2.29. The van der Waals surface area contributed by atoms with E-state index in [-0.39, 0.29) is 23.5 Å². The molecule has 0 saturated heterocycles. The first-order valence-corrected chi connectivity index (χ1v) is 5.47. The van der Waals surface area contributed by atoms with Gasteiger partial charge in [-0.05, 0) is 19.1 Å². The van der Waals surface area contributed by atoms with Gasteiger partial charge >= 0.3 is 0 Å². The third-order valence-electron chi connectivity index (χ3n) is 2.44. The number of hydrogen-bond donors (Lipinski definition) is 2. The van der Waals surface area contributed by atoms with Crippen LogP contribution < -0.4 is 10.9 Å². The smallest absolute Gasteiger partial charge is 0.272 e. The van der Waals surface area contributed by atoms with Gasteiger partial charge in [-0.25, -0.2) is 0 Å². The maximum Gasteiger partial charge on any atom is 0.272 e. The molecular formula is C13H12N2O3. The van der Waals surface area contributed by atoms with Crippen molar-refractivity contribution < 1.29 is 9.59 Å². The maximum atomic E-state index is 11.7. The van der Waals surface area contributed by atoms with Crippen molar-refractivity contribution in [1.82, 2.24) is 4.98 Å². The van der Waals surface area contributed by atoms with Gasteiger partial charge in [0.25, 0.3) is 5.56 Å². The molecule has 1 heterocycles. The fourth-order valence-electron chi connectivity index (χ4n) is 1.66. The molecule has 5 heteroatoms. The molecule has 0 aliphatic rings. The van der Waals surface area contributed by atoms with E-state index in [1.165, 1.54) is 6.92 Å². The Kier molecular flexibility index (Phi) is 3.23. The van der Waals surface area contributed by atoms with Crippen LogP contribution in [-0.2, 0) is 9.59 Å². The summed E-state index contributed by atoms with van der Waals surface area (Å²) in [6, 6.07) is 8.84. The van der Waals surface area contributed by atoms with Crippen LogP contribution in [0.5, 0.6) is 0 Å². The van der Waals surface area contributed by atoms with E-state index in [9.17, 15) is 14.4 Å². The normalized spacial score (nSPS) is 10.3. The number of carbonyl (C=O) groups excluding carboxylic acids is 2. The zero-order valence-corrected chi connectivity index (χ0v) is 9.82. The van der Waals surface area contributed by atoms with Crippen molar-refractivity contribution in [3.63, 3.8) is 0 Å². The van der Waals surface area contributed by atoms with Crippen LogP contribution in [0.4, 0.5) is 5.69 Å². The number of carbonyl (C=O) groups is 2. The van der Waals surface area contributed by atoms with Crippen molar-refractivity contribution in [2.75, 3.05) is 5.32 Å². The van der Waals surface area contributed by atoms with Crippen LogP contribution in [0.1, 0.15) is 13.3 Å². The number of hydrogen-bond acceptors (Lipinski definition) is 3. The van der Waals surface area contributed by atoms with Crippen molar-refractivity contribution in [1.29, 1.82) is 0 Å². The van der Waals surface area contributed by atoms with E-state index in [1.807, 2.05) is 18.2 Å². The number of Topliss-reactive ketones (excluding diaryl/α,β-unsaturated/α-hetero) is 1. The molecule has 2 rings (SSSR count). The molecule has 1 amide bonds. The summed E-state index contributed by atoms with van der Waals surface area (Å²) in [4.78, 5) is 36.6. The van der Waals surface area contributed by atoms with E-state index in [4.69, 9.17) is 0 Å². The highest BCUT2D eigenvalue weighted by molar-refractivity contribution is 6.04. The summed E-state index contributed by atoms with van der Waals surface area (Å²) >= 11 is 0. The Hall–Kier alpha value is -2.43. The molecule has 92 valence electrons. The lowest BCUT2D eigenvalue weighted by Crippen LogP contribution is -2.21. The second kappa shape index (κ2) is 4.83. The van der Waals surface area contributed by atoms with Gasteiger partial charge in [0.1, 0.15) is 11.5 Å². The maximum absolute atomic E-state index is 11.7. The molecule has 0 radical (unpaired) electrons. The minimum absolute atomic E-state index is 0.153. The second-order valence-electron chi connectivity index (χ2n) is 4.03. The number of ketones is 1. The molecule has 0 bridgehead atoms. The fourth-order valence-corrected chi connectivity index (χ4v) is 1.66. The van der Waals surface area contributed by atoms with Crippen LogP contribution >= 0.6 is 0 Å². The van der Waals surface area contributed by atoms with Gasteiger partial charge in [-0.15, -0.1) is 0 Å². The molecular weight excluding hydrogens is 232 g/mol. The zero-order chi connectivity index (χ0) is 13.1. The molecule has 0 fully saturated rings. The van der Waals surface area contributed by atoms with Gasteiger partial charge in [0.05, 0.1) is 6.42 Å². The van der Waals surface area contributed by atoms with Gasteiger partial charge in [-0.1, -0.05) is 18.2 Å². The summed E-state index contributed by atoms with van der Waals surface area (Å²) in [7, 11) is 0. The van der Waals surface area contributed by atoms with Crippen molar-refractivity contribution in [2.24, 2.45) is 0 Å². The average molecular weight is 244 g/mol. The number of nitrogens with one attached hydrogen (secondary N) is 2. The Morgan fingerprint density at radius 2 is 2.00 bits per heavy atom. The third kappa shape index (κ3) is 2.63. The highest BCUT2D eigenvalue weighted by Gasteiger charge is 2.08. The summed E-state index contributed by atoms with van der Waals surface area (Å²) in [6.45, 7) is 1.32. The molecule has 18 heavy (non-hydrogen) atoms. The number of rotatable bonds is 3. The van der Waals surface area contributed by atoms with Crippen LogP contribution in [0.2, 0.25) is 0 Å². The molecule has 0 saturated carbocycles. The molecule has 5 nitrogen and oxygen atoms in total. The van der Waals surface area contributed by atoms with Crippen molar-refractivity contribution in [2.45, 2.75) is 13.3 Å². The highest BCUT2D eigenvalue weighted by Crippen LogP contribution is 2.12. The highest BCUT2D eigenvalue weighted by atomic mass is 16.2. The number of fused-ring (bicyclic) bond motifs is 1. The van der Waals surface area contributed by atoms with Crippen LogP contribution in [-0.4, -0.2) is 16.7 Å². The lowest BCUT2D eigenvalue weighted by molar-refractivity contribution is -0.124. The first kappa shape index (κ1) is 12.0. The van der Waals surface area contributed by atoms with E-state index in [0.717, 1.165) is 5.39 Å². The molecule has 0 spiro atoms. The van der Waals surface area contributed by atoms with Gasteiger partial charge in [-0.3, -0.25) is 14.4 Å². The third-order valence-corrected chi connectivity index (χ3v) is 2.44. The number of aromatic amines is 1. The monoisotopic (exact) mass is 244 g/mol. The zero-order valence-electron chi connectivity index (χ0n) is 9.82. The number of pyridine rings is 1. The number of anilines is 1. The van der Waals surface area contributed by atoms with E-state index < -0.39 is 5.91 Å². The summed E-state index contributed by atoms with van der Waals surface area (Å²) in [5, 5.41) is 3.25. The molecule has 0 unspecified atom stereocenters. The van der Waals surface area contributed by atoms with Crippen LogP contribution in [0.25, 0.3) is 10.9 Å². The van der Waals surface area contributed by atoms with Crippen LogP contribution in [0, 0.1) is 0 Å². The van der Waals surface area contributed by atoms with Gasteiger partial charge in [0.2, 0.25) is 5.91 Å². The predicted molar refractivity (Wildman–Crippen MR) is 68.5 cm³/mol.